The third kappa shape index (κ3) is 3.79. The van der Waals surface area contributed by atoms with E-state index in [2.05, 4.69) is 18.7 Å². The molecule has 3 nitrogen and oxygen atoms in total. The van der Waals surface area contributed by atoms with Gasteiger partial charge in [0.2, 0.25) is 0 Å². The summed E-state index contributed by atoms with van der Waals surface area (Å²) < 4.78 is 5.09. The van der Waals surface area contributed by atoms with Crippen LogP contribution >= 0.6 is 11.6 Å². The van der Waals surface area contributed by atoms with E-state index in [9.17, 15) is 5.11 Å². The molecule has 0 saturated heterocycles. The van der Waals surface area contributed by atoms with Gasteiger partial charge in [-0.2, -0.15) is 0 Å². The van der Waals surface area contributed by atoms with Crippen molar-refractivity contribution in [3.8, 4) is 11.5 Å². The molecule has 0 radical (unpaired) electrons. The van der Waals surface area contributed by atoms with Crippen molar-refractivity contribution in [1.82, 2.24) is 4.90 Å². The number of phenols is 1. The normalized spacial score (nSPS) is 10.9. The largest absolute Gasteiger partial charge is 0.504 e. The number of nitrogens with zero attached hydrogens (tertiary/aromatic N) is 1. The molecule has 4 heteroatoms. The van der Waals surface area contributed by atoms with E-state index in [1.807, 2.05) is 0 Å². The first-order chi connectivity index (χ1) is 8.12. The van der Waals surface area contributed by atoms with Gasteiger partial charge in [-0.1, -0.05) is 25.4 Å². The molecule has 1 aromatic carbocycles. The van der Waals surface area contributed by atoms with Crippen LogP contribution in [0.4, 0.5) is 0 Å². The van der Waals surface area contributed by atoms with Crippen LogP contribution in [0.2, 0.25) is 5.02 Å². The van der Waals surface area contributed by atoms with E-state index in [1.165, 1.54) is 7.11 Å². The molecule has 0 bridgehead atoms. The molecule has 17 heavy (non-hydrogen) atoms. The number of hydrogen-bond acceptors (Lipinski definition) is 3. The molecular formula is C13H20ClNO2. The number of phenolic OH excluding ortho intramolecular Hbond substituents is 1. The SMILES string of the molecule is CCCN(CC)Cc1cc(Cl)cc(OC)c1O. The van der Waals surface area contributed by atoms with Gasteiger partial charge >= 0.3 is 0 Å². The highest BCUT2D eigenvalue weighted by atomic mass is 35.5. The fraction of sp³-hybridized carbons (Fsp3) is 0.538. The average molecular weight is 258 g/mol. The maximum Gasteiger partial charge on any atom is 0.162 e. The monoisotopic (exact) mass is 257 g/mol. The minimum absolute atomic E-state index is 0.187. The first-order valence-electron chi connectivity index (χ1n) is 5.90. The number of methoxy groups -OCH3 is 1. The summed E-state index contributed by atoms with van der Waals surface area (Å²) >= 11 is 5.99. The Hall–Kier alpha value is -0.930. The van der Waals surface area contributed by atoms with Crippen molar-refractivity contribution in [3.05, 3.63) is 22.7 Å². The zero-order chi connectivity index (χ0) is 12.8. The van der Waals surface area contributed by atoms with Crippen LogP contribution in [0.5, 0.6) is 11.5 Å². The molecule has 0 amide bonds. The number of rotatable bonds is 6. The van der Waals surface area contributed by atoms with Crippen molar-refractivity contribution in [2.75, 3.05) is 20.2 Å². The van der Waals surface area contributed by atoms with Crippen molar-refractivity contribution < 1.29 is 9.84 Å². The molecule has 0 heterocycles. The van der Waals surface area contributed by atoms with E-state index < -0.39 is 0 Å². The van der Waals surface area contributed by atoms with Crippen molar-refractivity contribution in [2.24, 2.45) is 0 Å². The highest BCUT2D eigenvalue weighted by Gasteiger charge is 2.12. The maximum absolute atomic E-state index is 10.0. The molecule has 1 N–H and O–H groups in total. The first kappa shape index (κ1) is 14.1. The molecule has 0 aromatic heterocycles. The van der Waals surface area contributed by atoms with E-state index in [1.54, 1.807) is 12.1 Å². The molecule has 0 aliphatic carbocycles. The molecule has 0 atom stereocenters. The van der Waals surface area contributed by atoms with Gasteiger partial charge in [-0.05, 0) is 25.6 Å². The average Bonchev–Trinajstić information content (AvgIpc) is 2.32. The highest BCUT2D eigenvalue weighted by molar-refractivity contribution is 6.30. The Balaban J connectivity index is 2.92. The first-order valence-corrected chi connectivity index (χ1v) is 6.27. The van der Waals surface area contributed by atoms with E-state index in [0.717, 1.165) is 25.1 Å². The summed E-state index contributed by atoms with van der Waals surface area (Å²) in [5.41, 5.74) is 0.810. The third-order valence-corrected chi connectivity index (χ3v) is 2.94. The molecule has 0 aliphatic heterocycles. The van der Waals surface area contributed by atoms with Crippen LogP contribution in [0.1, 0.15) is 25.8 Å². The second-order valence-electron chi connectivity index (χ2n) is 3.98. The second-order valence-corrected chi connectivity index (χ2v) is 4.42. The molecule has 0 saturated carbocycles. The minimum Gasteiger partial charge on any atom is -0.504 e. The summed E-state index contributed by atoms with van der Waals surface area (Å²) in [6.07, 6.45) is 1.09. The third-order valence-electron chi connectivity index (χ3n) is 2.72. The Labute approximate surface area is 108 Å². The molecule has 0 fully saturated rings. The molecule has 96 valence electrons. The van der Waals surface area contributed by atoms with Crippen molar-refractivity contribution >= 4 is 11.6 Å². The fourth-order valence-corrected chi connectivity index (χ4v) is 2.04. The second kappa shape index (κ2) is 6.72. The predicted octanol–water partition coefficient (Wildman–Crippen LogP) is 3.29. The van der Waals surface area contributed by atoms with Crippen LogP contribution in [-0.2, 0) is 6.54 Å². The van der Waals surface area contributed by atoms with Crippen molar-refractivity contribution in [2.45, 2.75) is 26.8 Å². The van der Waals surface area contributed by atoms with Crippen LogP contribution in [0.25, 0.3) is 0 Å². The Morgan fingerprint density at radius 1 is 1.35 bits per heavy atom. The summed E-state index contributed by atoms with van der Waals surface area (Å²) in [7, 11) is 1.53. The summed E-state index contributed by atoms with van der Waals surface area (Å²) in [6, 6.07) is 3.41. The lowest BCUT2D eigenvalue weighted by atomic mass is 10.1. The van der Waals surface area contributed by atoms with Gasteiger partial charge in [0.1, 0.15) is 0 Å². The van der Waals surface area contributed by atoms with Crippen LogP contribution < -0.4 is 4.74 Å². The lowest BCUT2D eigenvalue weighted by Crippen LogP contribution is -2.23. The van der Waals surface area contributed by atoms with Gasteiger partial charge in [-0.25, -0.2) is 0 Å². The van der Waals surface area contributed by atoms with Crippen molar-refractivity contribution in [1.29, 1.82) is 0 Å². The van der Waals surface area contributed by atoms with Crippen LogP contribution in [0, 0.1) is 0 Å². The van der Waals surface area contributed by atoms with E-state index in [0.29, 0.717) is 17.3 Å². The smallest absolute Gasteiger partial charge is 0.162 e. The number of aromatic hydroxyl groups is 1. The quantitative estimate of drug-likeness (QED) is 0.849. The van der Waals surface area contributed by atoms with Gasteiger partial charge in [0, 0.05) is 23.2 Å². The van der Waals surface area contributed by atoms with Gasteiger partial charge < -0.3 is 9.84 Å². The summed E-state index contributed by atoms with van der Waals surface area (Å²) in [5, 5.41) is 10.6. The van der Waals surface area contributed by atoms with Gasteiger partial charge in [-0.3, -0.25) is 4.90 Å². The Kier molecular flexibility index (Phi) is 5.59. The molecule has 0 unspecified atom stereocenters. The van der Waals surface area contributed by atoms with Crippen LogP contribution in [0.15, 0.2) is 12.1 Å². The van der Waals surface area contributed by atoms with Crippen molar-refractivity contribution in [3.63, 3.8) is 0 Å². The number of halogens is 1. The Bertz CT molecular complexity index is 369. The molecule has 0 aliphatic rings. The molecule has 1 aromatic rings. The standard InChI is InChI=1S/C13H20ClNO2/c1-4-6-15(5-2)9-10-7-11(14)8-12(17-3)13(10)16/h7-8,16H,4-6,9H2,1-3H3. The van der Waals surface area contributed by atoms with Gasteiger partial charge in [0.25, 0.3) is 0 Å². The van der Waals surface area contributed by atoms with Gasteiger partial charge in [0.05, 0.1) is 7.11 Å². The fourth-order valence-electron chi connectivity index (χ4n) is 1.81. The summed E-state index contributed by atoms with van der Waals surface area (Å²) in [4.78, 5) is 2.25. The van der Waals surface area contributed by atoms with Crippen LogP contribution in [0.3, 0.4) is 0 Å². The van der Waals surface area contributed by atoms with E-state index in [4.69, 9.17) is 16.3 Å². The molecule has 1 rings (SSSR count). The minimum atomic E-state index is 0.187. The summed E-state index contributed by atoms with van der Waals surface area (Å²) in [6.45, 7) is 6.88. The number of benzene rings is 1. The lowest BCUT2D eigenvalue weighted by molar-refractivity contribution is 0.274. The topological polar surface area (TPSA) is 32.7 Å². The summed E-state index contributed by atoms with van der Waals surface area (Å²) in [5.74, 6) is 0.617. The maximum atomic E-state index is 10.0. The predicted molar refractivity (Wildman–Crippen MR) is 70.9 cm³/mol. The Morgan fingerprint density at radius 3 is 2.59 bits per heavy atom. The van der Waals surface area contributed by atoms with Gasteiger partial charge in [0.15, 0.2) is 11.5 Å². The molecular weight excluding hydrogens is 238 g/mol. The van der Waals surface area contributed by atoms with Crippen LogP contribution in [-0.4, -0.2) is 30.2 Å². The zero-order valence-electron chi connectivity index (χ0n) is 10.7. The number of ether oxygens (including phenoxy) is 1. The lowest BCUT2D eigenvalue weighted by Gasteiger charge is -2.20. The Morgan fingerprint density at radius 2 is 2.06 bits per heavy atom. The van der Waals surface area contributed by atoms with E-state index >= 15 is 0 Å². The molecule has 0 spiro atoms. The highest BCUT2D eigenvalue weighted by Crippen LogP contribution is 2.34. The van der Waals surface area contributed by atoms with E-state index in [-0.39, 0.29) is 5.75 Å². The number of hydrogen-bond donors (Lipinski definition) is 1. The van der Waals surface area contributed by atoms with Gasteiger partial charge in [-0.15, -0.1) is 0 Å². The zero-order valence-corrected chi connectivity index (χ0v) is 11.4.